The van der Waals surface area contributed by atoms with Crippen LogP contribution in [0.3, 0.4) is 0 Å². The highest BCUT2D eigenvalue weighted by Gasteiger charge is 2.21. The van der Waals surface area contributed by atoms with Crippen molar-refractivity contribution in [3.05, 3.63) is 45.1 Å². The highest BCUT2D eigenvalue weighted by molar-refractivity contribution is 7.08. The fraction of sp³-hybridized carbons (Fsp3) is 0.400. The van der Waals surface area contributed by atoms with Crippen LogP contribution in [-0.2, 0) is 4.79 Å². The van der Waals surface area contributed by atoms with E-state index in [-0.39, 0.29) is 35.1 Å². The largest absolute Gasteiger partial charge is 0.493 e. The van der Waals surface area contributed by atoms with Gasteiger partial charge in [0.15, 0.2) is 18.1 Å². The van der Waals surface area contributed by atoms with Gasteiger partial charge in [-0.25, -0.2) is 0 Å². The number of hydrogen-bond acceptors (Lipinski definition) is 6. The molecule has 1 unspecified atom stereocenters. The molecule has 0 aliphatic carbocycles. The molecule has 2 aromatic rings. The molecule has 0 radical (unpaired) electrons. The van der Waals surface area contributed by atoms with Crippen LogP contribution in [0.15, 0.2) is 29.0 Å². The van der Waals surface area contributed by atoms with E-state index in [1.54, 1.807) is 11.3 Å². The van der Waals surface area contributed by atoms with Gasteiger partial charge in [0, 0.05) is 12.1 Å². The number of benzene rings is 1. The predicted molar refractivity (Wildman–Crippen MR) is 115 cm³/mol. The molecule has 1 atom stereocenters. The number of nitrogens with zero attached hydrogens (tertiary/aromatic N) is 1. The lowest BCUT2D eigenvalue weighted by atomic mass is 10.1. The topological polar surface area (TPSA) is 93.9 Å². The maximum atomic E-state index is 12.8. The number of hydrogen-bond donors (Lipinski definition) is 2. The van der Waals surface area contributed by atoms with Crippen molar-refractivity contribution in [1.82, 2.24) is 10.2 Å². The zero-order chi connectivity index (χ0) is 21.4. The summed E-state index contributed by atoms with van der Waals surface area (Å²) in [4.78, 5) is 26.0. The van der Waals surface area contributed by atoms with Gasteiger partial charge in [-0.2, -0.15) is 11.3 Å². The van der Waals surface area contributed by atoms with Crippen LogP contribution in [-0.4, -0.2) is 50.1 Å². The molecule has 0 fully saturated rings. The van der Waals surface area contributed by atoms with Crippen LogP contribution in [0.1, 0.15) is 35.8 Å². The third-order valence-corrected chi connectivity index (χ3v) is 5.47. The number of nitrogens with one attached hydrogen (secondary N) is 1. The van der Waals surface area contributed by atoms with Crippen LogP contribution >= 0.6 is 22.9 Å². The van der Waals surface area contributed by atoms with Crippen LogP contribution in [0, 0.1) is 0 Å². The molecule has 0 aliphatic rings. The zero-order valence-corrected chi connectivity index (χ0v) is 18.3. The number of likely N-dealkylation sites (N-methyl/N-ethyl adjacent to an activating group) is 1. The van der Waals surface area contributed by atoms with Gasteiger partial charge in [0.2, 0.25) is 0 Å². The van der Waals surface area contributed by atoms with Crippen LogP contribution in [0.5, 0.6) is 11.5 Å². The second kappa shape index (κ2) is 11.0. The van der Waals surface area contributed by atoms with E-state index >= 15 is 0 Å². The SMILES string of the molecule is CCN(CC)C(CNC(=O)c1cc(Cl)c(OCC(N)=O)c(OC)c1)c1ccsc1. The quantitative estimate of drug-likeness (QED) is 0.561. The average Bonchev–Trinajstić information content (AvgIpc) is 3.23. The first-order chi connectivity index (χ1) is 13.9. The number of rotatable bonds is 11. The lowest BCUT2D eigenvalue weighted by Gasteiger charge is -2.29. The summed E-state index contributed by atoms with van der Waals surface area (Å²) in [5.41, 5.74) is 6.61. The highest BCUT2D eigenvalue weighted by Crippen LogP contribution is 2.36. The Balaban J connectivity index is 2.16. The average molecular weight is 440 g/mol. The van der Waals surface area contributed by atoms with Crippen LogP contribution in [0.2, 0.25) is 5.02 Å². The second-order valence-corrected chi connectivity index (χ2v) is 7.44. The van der Waals surface area contributed by atoms with E-state index in [0.717, 1.165) is 13.1 Å². The van der Waals surface area contributed by atoms with Gasteiger partial charge in [0.05, 0.1) is 18.2 Å². The van der Waals surface area contributed by atoms with Crippen LogP contribution in [0.25, 0.3) is 0 Å². The van der Waals surface area contributed by atoms with Gasteiger partial charge in [-0.3, -0.25) is 14.5 Å². The number of carbonyl (C=O) groups is 2. The fourth-order valence-electron chi connectivity index (χ4n) is 3.01. The summed E-state index contributed by atoms with van der Waals surface area (Å²) in [6.45, 7) is 6.06. The van der Waals surface area contributed by atoms with Crippen LogP contribution in [0.4, 0.5) is 0 Å². The smallest absolute Gasteiger partial charge is 0.255 e. The molecule has 7 nitrogen and oxygen atoms in total. The van der Waals surface area contributed by atoms with Gasteiger partial charge in [-0.1, -0.05) is 25.4 Å². The van der Waals surface area contributed by atoms with Crippen molar-refractivity contribution >= 4 is 34.8 Å². The molecule has 0 spiro atoms. The Morgan fingerprint density at radius 2 is 2.03 bits per heavy atom. The molecule has 0 saturated carbocycles. The van der Waals surface area contributed by atoms with Gasteiger partial charge < -0.3 is 20.5 Å². The van der Waals surface area contributed by atoms with Gasteiger partial charge in [0.25, 0.3) is 11.8 Å². The molecular formula is C20H26ClN3O4S. The van der Waals surface area contributed by atoms with E-state index in [1.165, 1.54) is 24.8 Å². The number of carbonyl (C=O) groups excluding carboxylic acids is 2. The molecule has 2 rings (SSSR count). The fourth-order valence-corrected chi connectivity index (χ4v) is 3.98. The Bertz CT molecular complexity index is 825. The Hall–Kier alpha value is -2.29. The minimum Gasteiger partial charge on any atom is -0.493 e. The molecule has 9 heteroatoms. The van der Waals surface area contributed by atoms with E-state index in [9.17, 15) is 9.59 Å². The monoisotopic (exact) mass is 439 g/mol. The molecule has 0 aliphatic heterocycles. The molecular weight excluding hydrogens is 414 g/mol. The minimum atomic E-state index is -0.638. The third-order valence-electron chi connectivity index (χ3n) is 4.49. The van der Waals surface area contributed by atoms with Gasteiger partial charge in [-0.15, -0.1) is 0 Å². The summed E-state index contributed by atoms with van der Waals surface area (Å²) in [6, 6.07) is 5.15. The van der Waals surface area contributed by atoms with Crippen LogP contribution < -0.4 is 20.5 Å². The first-order valence-electron chi connectivity index (χ1n) is 9.24. The first-order valence-corrected chi connectivity index (χ1v) is 10.6. The van der Waals surface area contributed by atoms with Crippen molar-refractivity contribution in [3.8, 4) is 11.5 Å². The molecule has 2 amide bonds. The Labute approximate surface area is 179 Å². The van der Waals surface area contributed by atoms with Gasteiger partial charge in [0.1, 0.15) is 0 Å². The number of ether oxygens (including phenoxy) is 2. The zero-order valence-electron chi connectivity index (χ0n) is 16.7. The highest BCUT2D eigenvalue weighted by atomic mass is 35.5. The maximum Gasteiger partial charge on any atom is 0.255 e. The molecule has 1 aromatic heterocycles. The first kappa shape index (κ1) is 23.0. The lowest BCUT2D eigenvalue weighted by molar-refractivity contribution is -0.119. The maximum absolute atomic E-state index is 12.8. The van der Waals surface area contributed by atoms with Crippen molar-refractivity contribution in [2.45, 2.75) is 19.9 Å². The van der Waals surface area contributed by atoms with E-state index in [2.05, 4.69) is 35.5 Å². The van der Waals surface area contributed by atoms with Crippen molar-refractivity contribution in [2.24, 2.45) is 5.73 Å². The normalized spacial score (nSPS) is 11.9. The molecule has 29 heavy (non-hydrogen) atoms. The molecule has 3 N–H and O–H groups in total. The van der Waals surface area contributed by atoms with Crippen molar-refractivity contribution in [3.63, 3.8) is 0 Å². The van der Waals surface area contributed by atoms with Crippen molar-refractivity contribution in [2.75, 3.05) is 33.4 Å². The number of methoxy groups -OCH3 is 1. The van der Waals surface area contributed by atoms with E-state index in [4.69, 9.17) is 26.8 Å². The number of halogens is 1. The summed E-state index contributed by atoms with van der Waals surface area (Å²) in [5, 5.41) is 7.27. The molecule has 1 heterocycles. The van der Waals surface area contributed by atoms with Gasteiger partial charge in [-0.05, 0) is 47.6 Å². The number of amides is 2. The summed E-state index contributed by atoms with van der Waals surface area (Å²) >= 11 is 7.87. The number of thiophene rings is 1. The summed E-state index contributed by atoms with van der Waals surface area (Å²) in [6.07, 6.45) is 0. The Kier molecular flexibility index (Phi) is 8.75. The van der Waals surface area contributed by atoms with E-state index in [0.29, 0.717) is 12.1 Å². The lowest BCUT2D eigenvalue weighted by Crippen LogP contribution is -2.37. The summed E-state index contributed by atoms with van der Waals surface area (Å²) in [7, 11) is 1.43. The van der Waals surface area contributed by atoms with Gasteiger partial charge >= 0.3 is 0 Å². The molecule has 158 valence electrons. The summed E-state index contributed by atoms with van der Waals surface area (Å²) in [5.74, 6) is -0.495. The second-order valence-electron chi connectivity index (χ2n) is 6.25. The summed E-state index contributed by atoms with van der Waals surface area (Å²) < 4.78 is 10.6. The molecule has 0 saturated heterocycles. The van der Waals surface area contributed by atoms with Crippen molar-refractivity contribution < 1.29 is 19.1 Å². The standard InChI is InChI=1S/C20H26ClN3O4S/c1-4-24(5-2)16(13-6-7-29-12-13)10-23-20(26)14-8-15(21)19(17(9-14)27-3)28-11-18(22)25/h6-9,12,16H,4-5,10-11H2,1-3H3,(H2,22,25)(H,23,26). The third kappa shape index (κ3) is 6.09. The number of primary amides is 1. The van der Waals surface area contributed by atoms with E-state index < -0.39 is 5.91 Å². The van der Waals surface area contributed by atoms with Crippen molar-refractivity contribution in [1.29, 1.82) is 0 Å². The number of nitrogens with two attached hydrogens (primary N) is 1. The van der Waals surface area contributed by atoms with E-state index in [1.807, 2.05) is 5.38 Å². The minimum absolute atomic E-state index is 0.0794. The molecule has 1 aromatic carbocycles. The molecule has 0 bridgehead atoms. The Morgan fingerprint density at radius 3 is 2.59 bits per heavy atom. The predicted octanol–water partition coefficient (Wildman–Crippen LogP) is 3.09. The Morgan fingerprint density at radius 1 is 1.31 bits per heavy atom.